The summed E-state index contributed by atoms with van der Waals surface area (Å²) in [5.74, 6) is 0.971. The van der Waals surface area contributed by atoms with E-state index in [2.05, 4.69) is 16.0 Å². The molecule has 0 aliphatic carbocycles. The Bertz CT molecular complexity index is 745. The van der Waals surface area contributed by atoms with Gasteiger partial charge in [0.15, 0.2) is 0 Å². The van der Waals surface area contributed by atoms with Crippen molar-refractivity contribution in [1.29, 1.82) is 0 Å². The third kappa shape index (κ3) is 4.22. The molecule has 4 rings (SSSR count). The van der Waals surface area contributed by atoms with E-state index in [1.54, 1.807) is 0 Å². The standard InChI is InChI=1S/C21H25N3O3/c25-21(27-16-17-5-2-1-3-6-17)24-10-4-7-19(24)18-8-9-20(22-15-18)23-11-13-26-14-12-23/h1-3,5-6,8-9,15,19H,4,7,10-14,16H2. The number of anilines is 1. The first-order valence-corrected chi connectivity index (χ1v) is 9.57. The molecule has 27 heavy (non-hydrogen) atoms. The van der Waals surface area contributed by atoms with Gasteiger partial charge in [-0.15, -0.1) is 0 Å². The van der Waals surface area contributed by atoms with Gasteiger partial charge < -0.3 is 19.3 Å². The zero-order valence-electron chi connectivity index (χ0n) is 15.4. The van der Waals surface area contributed by atoms with Crippen LogP contribution < -0.4 is 4.90 Å². The predicted molar refractivity (Wildman–Crippen MR) is 103 cm³/mol. The summed E-state index contributed by atoms with van der Waals surface area (Å²) in [4.78, 5) is 21.3. The highest BCUT2D eigenvalue weighted by Gasteiger charge is 2.31. The molecule has 2 fully saturated rings. The average Bonchev–Trinajstić information content (AvgIpc) is 3.24. The number of rotatable bonds is 4. The van der Waals surface area contributed by atoms with E-state index in [-0.39, 0.29) is 12.1 Å². The molecular weight excluding hydrogens is 342 g/mol. The molecule has 0 spiro atoms. The number of morpholine rings is 1. The zero-order valence-corrected chi connectivity index (χ0v) is 15.4. The van der Waals surface area contributed by atoms with Crippen molar-refractivity contribution >= 4 is 11.9 Å². The number of pyridine rings is 1. The summed E-state index contributed by atoms with van der Waals surface area (Å²) in [5, 5.41) is 0. The molecule has 1 aromatic carbocycles. The Morgan fingerprint density at radius 1 is 1.11 bits per heavy atom. The van der Waals surface area contributed by atoms with Gasteiger partial charge >= 0.3 is 6.09 Å². The Balaban J connectivity index is 1.39. The Morgan fingerprint density at radius 3 is 2.67 bits per heavy atom. The van der Waals surface area contributed by atoms with Gasteiger partial charge in [0.2, 0.25) is 0 Å². The monoisotopic (exact) mass is 367 g/mol. The number of carbonyl (C=O) groups is 1. The molecule has 1 amide bonds. The van der Waals surface area contributed by atoms with Gasteiger partial charge in [-0.2, -0.15) is 0 Å². The number of amides is 1. The van der Waals surface area contributed by atoms with Gasteiger partial charge in [-0.1, -0.05) is 36.4 Å². The predicted octanol–water partition coefficient (Wildman–Crippen LogP) is 3.39. The van der Waals surface area contributed by atoms with Gasteiger partial charge in [-0.25, -0.2) is 9.78 Å². The topological polar surface area (TPSA) is 54.9 Å². The van der Waals surface area contributed by atoms with E-state index in [0.29, 0.717) is 6.61 Å². The number of ether oxygens (including phenoxy) is 2. The maximum atomic E-state index is 12.6. The first kappa shape index (κ1) is 17.8. The van der Waals surface area contributed by atoms with E-state index in [1.165, 1.54) is 0 Å². The van der Waals surface area contributed by atoms with Crippen LogP contribution in [0.5, 0.6) is 0 Å². The van der Waals surface area contributed by atoms with Crippen LogP contribution in [0.2, 0.25) is 0 Å². The Morgan fingerprint density at radius 2 is 1.93 bits per heavy atom. The highest BCUT2D eigenvalue weighted by atomic mass is 16.6. The fourth-order valence-electron chi connectivity index (χ4n) is 3.71. The summed E-state index contributed by atoms with van der Waals surface area (Å²) in [5.41, 5.74) is 2.07. The molecule has 2 saturated heterocycles. The molecule has 2 aliphatic heterocycles. The lowest BCUT2D eigenvalue weighted by atomic mass is 10.1. The fraction of sp³-hybridized carbons (Fsp3) is 0.429. The number of nitrogens with zero attached hydrogens (tertiary/aromatic N) is 3. The van der Waals surface area contributed by atoms with E-state index >= 15 is 0 Å². The Hall–Kier alpha value is -2.60. The van der Waals surface area contributed by atoms with Crippen molar-refractivity contribution in [3.8, 4) is 0 Å². The van der Waals surface area contributed by atoms with Crippen molar-refractivity contribution in [1.82, 2.24) is 9.88 Å². The minimum atomic E-state index is -0.251. The highest BCUT2D eigenvalue weighted by Crippen LogP contribution is 2.32. The fourth-order valence-corrected chi connectivity index (χ4v) is 3.71. The largest absolute Gasteiger partial charge is 0.445 e. The molecule has 0 saturated carbocycles. The summed E-state index contributed by atoms with van der Waals surface area (Å²) in [6.07, 6.45) is 3.58. The average molecular weight is 367 g/mol. The number of aromatic nitrogens is 1. The second kappa shape index (κ2) is 8.39. The molecule has 142 valence electrons. The third-order valence-electron chi connectivity index (χ3n) is 5.18. The lowest BCUT2D eigenvalue weighted by Gasteiger charge is -2.28. The minimum Gasteiger partial charge on any atom is -0.445 e. The summed E-state index contributed by atoms with van der Waals surface area (Å²) < 4.78 is 10.9. The SMILES string of the molecule is O=C(OCc1ccccc1)N1CCCC1c1ccc(N2CCOCC2)nc1. The normalized spacial score (nSPS) is 19.9. The summed E-state index contributed by atoms with van der Waals surface area (Å²) >= 11 is 0. The highest BCUT2D eigenvalue weighted by molar-refractivity contribution is 5.68. The Labute approximate surface area is 159 Å². The number of benzene rings is 1. The molecule has 1 atom stereocenters. The van der Waals surface area contributed by atoms with Gasteiger partial charge in [0.25, 0.3) is 0 Å². The zero-order chi connectivity index (χ0) is 18.5. The van der Waals surface area contributed by atoms with Crippen LogP contribution in [0.3, 0.4) is 0 Å². The molecule has 2 aliphatic rings. The number of hydrogen-bond donors (Lipinski definition) is 0. The van der Waals surface area contributed by atoms with E-state index in [4.69, 9.17) is 9.47 Å². The first-order valence-electron chi connectivity index (χ1n) is 9.57. The number of carbonyl (C=O) groups excluding carboxylic acids is 1. The number of likely N-dealkylation sites (tertiary alicyclic amines) is 1. The van der Waals surface area contributed by atoms with Crippen LogP contribution in [0.1, 0.15) is 30.0 Å². The molecule has 3 heterocycles. The molecule has 0 radical (unpaired) electrons. The van der Waals surface area contributed by atoms with Crippen LogP contribution in [-0.4, -0.2) is 48.8 Å². The van der Waals surface area contributed by atoms with Gasteiger partial charge in [0, 0.05) is 25.8 Å². The molecule has 6 nitrogen and oxygen atoms in total. The second-order valence-corrected chi connectivity index (χ2v) is 6.94. The van der Waals surface area contributed by atoms with Crippen LogP contribution >= 0.6 is 0 Å². The third-order valence-corrected chi connectivity index (χ3v) is 5.18. The van der Waals surface area contributed by atoms with E-state index in [9.17, 15) is 4.79 Å². The van der Waals surface area contributed by atoms with E-state index in [1.807, 2.05) is 47.5 Å². The molecule has 6 heteroatoms. The van der Waals surface area contributed by atoms with Gasteiger partial charge in [-0.05, 0) is 30.0 Å². The second-order valence-electron chi connectivity index (χ2n) is 6.94. The maximum Gasteiger partial charge on any atom is 0.410 e. The molecule has 1 unspecified atom stereocenters. The molecule has 1 aromatic heterocycles. The first-order chi connectivity index (χ1) is 13.3. The van der Waals surface area contributed by atoms with Crippen LogP contribution in [0.4, 0.5) is 10.6 Å². The maximum absolute atomic E-state index is 12.6. The van der Waals surface area contributed by atoms with Crippen LogP contribution in [-0.2, 0) is 16.1 Å². The van der Waals surface area contributed by atoms with E-state index in [0.717, 1.165) is 62.6 Å². The summed E-state index contributed by atoms with van der Waals surface area (Å²) in [7, 11) is 0. The van der Waals surface area contributed by atoms with Gasteiger partial charge in [0.05, 0.1) is 19.3 Å². The number of hydrogen-bond acceptors (Lipinski definition) is 5. The van der Waals surface area contributed by atoms with Crippen molar-refractivity contribution in [2.75, 3.05) is 37.7 Å². The quantitative estimate of drug-likeness (QED) is 0.829. The smallest absolute Gasteiger partial charge is 0.410 e. The molecular formula is C21H25N3O3. The lowest BCUT2D eigenvalue weighted by molar-refractivity contribution is 0.0920. The summed E-state index contributed by atoms with van der Waals surface area (Å²) in [6, 6.07) is 14.0. The molecule has 0 N–H and O–H groups in total. The van der Waals surface area contributed by atoms with Crippen molar-refractivity contribution in [3.05, 3.63) is 59.8 Å². The summed E-state index contributed by atoms with van der Waals surface area (Å²) in [6.45, 7) is 4.25. The van der Waals surface area contributed by atoms with Gasteiger partial charge in [-0.3, -0.25) is 0 Å². The minimum absolute atomic E-state index is 0.0412. The van der Waals surface area contributed by atoms with Crippen molar-refractivity contribution in [3.63, 3.8) is 0 Å². The Kier molecular flexibility index (Phi) is 5.53. The van der Waals surface area contributed by atoms with Crippen LogP contribution in [0, 0.1) is 0 Å². The van der Waals surface area contributed by atoms with Gasteiger partial charge in [0.1, 0.15) is 12.4 Å². The molecule has 2 aromatic rings. The lowest BCUT2D eigenvalue weighted by Crippen LogP contribution is -2.36. The van der Waals surface area contributed by atoms with Crippen molar-refractivity contribution in [2.45, 2.75) is 25.5 Å². The van der Waals surface area contributed by atoms with Crippen LogP contribution in [0.15, 0.2) is 48.7 Å². The van der Waals surface area contributed by atoms with E-state index < -0.39 is 0 Å². The van der Waals surface area contributed by atoms with Crippen molar-refractivity contribution < 1.29 is 14.3 Å². The molecule has 0 bridgehead atoms. The van der Waals surface area contributed by atoms with Crippen molar-refractivity contribution in [2.24, 2.45) is 0 Å². The van der Waals surface area contributed by atoms with Crippen LogP contribution in [0.25, 0.3) is 0 Å².